The number of hydrogen-bond acceptors (Lipinski definition) is 2. The molecule has 0 unspecified atom stereocenters. The fourth-order valence-electron chi connectivity index (χ4n) is 1.30. The molecular weight excluding hydrogens is 150 g/mol. The average molecular weight is 167 g/mol. The Bertz CT molecular complexity index is 194. The summed E-state index contributed by atoms with van der Waals surface area (Å²) in [7, 11) is 0. The maximum absolute atomic E-state index is 5.21. The molecule has 1 heterocycles. The van der Waals surface area contributed by atoms with Crippen molar-refractivity contribution in [1.29, 1.82) is 0 Å². The van der Waals surface area contributed by atoms with Crippen LogP contribution in [0.1, 0.15) is 33.1 Å². The fourth-order valence-corrected chi connectivity index (χ4v) is 1.30. The van der Waals surface area contributed by atoms with E-state index in [1.807, 2.05) is 0 Å². The Kier molecular flexibility index (Phi) is 2.90. The van der Waals surface area contributed by atoms with Gasteiger partial charge >= 0.3 is 0 Å². The van der Waals surface area contributed by atoms with Crippen molar-refractivity contribution < 1.29 is 4.84 Å². The highest BCUT2D eigenvalue weighted by Gasteiger charge is 2.20. The molecule has 0 aromatic heterocycles. The molecule has 12 heavy (non-hydrogen) atoms. The molecule has 0 N–H and O–H groups in total. The minimum absolute atomic E-state index is 0.274. The van der Waals surface area contributed by atoms with E-state index in [-0.39, 0.29) is 5.41 Å². The van der Waals surface area contributed by atoms with Crippen LogP contribution in [-0.2, 0) is 4.84 Å². The SMILES string of the molecule is C=C/C1=N/OCC(C)(C)CCC1. The lowest BCUT2D eigenvalue weighted by Crippen LogP contribution is -2.20. The van der Waals surface area contributed by atoms with E-state index >= 15 is 0 Å². The molecule has 0 bridgehead atoms. The molecule has 68 valence electrons. The number of oxime groups is 1. The second-order valence-corrected chi connectivity index (χ2v) is 4.08. The van der Waals surface area contributed by atoms with E-state index in [1.54, 1.807) is 6.08 Å². The molecule has 1 aliphatic heterocycles. The van der Waals surface area contributed by atoms with Gasteiger partial charge in [0.1, 0.15) is 6.61 Å². The van der Waals surface area contributed by atoms with Gasteiger partial charge in [-0.1, -0.05) is 25.6 Å². The van der Waals surface area contributed by atoms with Crippen molar-refractivity contribution in [2.24, 2.45) is 10.6 Å². The van der Waals surface area contributed by atoms with Crippen LogP contribution >= 0.6 is 0 Å². The second kappa shape index (κ2) is 3.74. The highest BCUT2D eigenvalue weighted by molar-refractivity contribution is 5.93. The lowest BCUT2D eigenvalue weighted by Gasteiger charge is -2.24. The summed E-state index contributed by atoms with van der Waals surface area (Å²) in [6.07, 6.45) is 5.15. The molecule has 1 aliphatic rings. The van der Waals surface area contributed by atoms with Crippen molar-refractivity contribution in [2.45, 2.75) is 33.1 Å². The quantitative estimate of drug-likeness (QED) is 0.588. The summed E-state index contributed by atoms with van der Waals surface area (Å²) in [5.74, 6) is 0. The summed E-state index contributed by atoms with van der Waals surface area (Å²) in [6.45, 7) is 8.81. The van der Waals surface area contributed by atoms with Crippen LogP contribution in [0.15, 0.2) is 17.8 Å². The molecule has 0 saturated carbocycles. The smallest absolute Gasteiger partial charge is 0.122 e. The maximum atomic E-state index is 5.21. The number of nitrogens with zero attached hydrogens (tertiary/aromatic N) is 1. The van der Waals surface area contributed by atoms with Crippen LogP contribution in [0.3, 0.4) is 0 Å². The van der Waals surface area contributed by atoms with Crippen molar-refractivity contribution in [3.05, 3.63) is 12.7 Å². The summed E-state index contributed by atoms with van der Waals surface area (Å²) >= 11 is 0. The summed E-state index contributed by atoms with van der Waals surface area (Å²) < 4.78 is 0. The topological polar surface area (TPSA) is 21.6 Å². The van der Waals surface area contributed by atoms with E-state index in [1.165, 1.54) is 12.8 Å². The standard InChI is InChI=1S/C10H17NO/c1-4-9-6-5-7-10(2,3)8-12-11-9/h4H,1,5-8H2,2-3H3/b11-9-. The number of allylic oxidation sites excluding steroid dienone is 1. The van der Waals surface area contributed by atoms with Crippen LogP contribution in [-0.4, -0.2) is 12.3 Å². The van der Waals surface area contributed by atoms with Gasteiger partial charge in [-0.05, 0) is 25.3 Å². The van der Waals surface area contributed by atoms with Crippen molar-refractivity contribution in [3.63, 3.8) is 0 Å². The molecule has 0 saturated heterocycles. The lowest BCUT2D eigenvalue weighted by atomic mass is 9.87. The Hall–Kier alpha value is -0.790. The van der Waals surface area contributed by atoms with E-state index in [0.29, 0.717) is 6.61 Å². The zero-order valence-corrected chi connectivity index (χ0v) is 7.97. The molecule has 0 aromatic rings. The summed E-state index contributed by atoms with van der Waals surface area (Å²) in [5, 5.41) is 4.00. The number of hydrogen-bond donors (Lipinski definition) is 0. The molecule has 2 nitrogen and oxygen atoms in total. The third kappa shape index (κ3) is 2.68. The van der Waals surface area contributed by atoms with Crippen LogP contribution in [0, 0.1) is 5.41 Å². The van der Waals surface area contributed by atoms with Gasteiger partial charge in [0.15, 0.2) is 0 Å². The van der Waals surface area contributed by atoms with Gasteiger partial charge < -0.3 is 4.84 Å². The van der Waals surface area contributed by atoms with Crippen molar-refractivity contribution in [2.75, 3.05) is 6.61 Å². The Labute approximate surface area is 74.3 Å². The van der Waals surface area contributed by atoms with Gasteiger partial charge in [-0.15, -0.1) is 0 Å². The Morgan fingerprint density at radius 2 is 2.33 bits per heavy atom. The number of rotatable bonds is 1. The van der Waals surface area contributed by atoms with E-state index in [9.17, 15) is 0 Å². The predicted molar refractivity (Wildman–Crippen MR) is 51.2 cm³/mol. The van der Waals surface area contributed by atoms with Gasteiger partial charge in [-0.3, -0.25) is 0 Å². The summed E-state index contributed by atoms with van der Waals surface area (Å²) in [4.78, 5) is 5.21. The molecule has 0 spiro atoms. The molecule has 0 aliphatic carbocycles. The third-order valence-electron chi connectivity index (χ3n) is 2.16. The fraction of sp³-hybridized carbons (Fsp3) is 0.700. The first-order valence-corrected chi connectivity index (χ1v) is 4.45. The van der Waals surface area contributed by atoms with Crippen LogP contribution in [0.4, 0.5) is 0 Å². The van der Waals surface area contributed by atoms with E-state index < -0.39 is 0 Å². The predicted octanol–water partition coefficient (Wildman–Crippen LogP) is 2.76. The Morgan fingerprint density at radius 3 is 3.00 bits per heavy atom. The highest BCUT2D eigenvalue weighted by Crippen LogP contribution is 2.25. The van der Waals surface area contributed by atoms with Crippen molar-refractivity contribution in [1.82, 2.24) is 0 Å². The maximum Gasteiger partial charge on any atom is 0.122 e. The van der Waals surface area contributed by atoms with Gasteiger partial charge in [0.25, 0.3) is 0 Å². The first-order chi connectivity index (χ1) is 5.64. The van der Waals surface area contributed by atoms with Crippen LogP contribution in [0.25, 0.3) is 0 Å². The molecular formula is C10H17NO. The molecule has 0 fully saturated rings. The zero-order valence-electron chi connectivity index (χ0n) is 7.97. The molecule has 0 radical (unpaired) electrons. The Balaban J connectivity index is 2.56. The first kappa shape index (κ1) is 9.30. The normalized spacial score (nSPS) is 27.3. The van der Waals surface area contributed by atoms with Gasteiger partial charge in [-0.25, -0.2) is 0 Å². The monoisotopic (exact) mass is 167 g/mol. The zero-order chi connectivity index (χ0) is 9.03. The van der Waals surface area contributed by atoms with Gasteiger partial charge in [0.2, 0.25) is 0 Å². The van der Waals surface area contributed by atoms with Crippen LogP contribution < -0.4 is 0 Å². The molecule has 0 amide bonds. The van der Waals surface area contributed by atoms with Crippen molar-refractivity contribution >= 4 is 5.71 Å². The van der Waals surface area contributed by atoms with Crippen LogP contribution in [0.5, 0.6) is 0 Å². The van der Waals surface area contributed by atoms with Gasteiger partial charge in [0, 0.05) is 5.41 Å². The minimum Gasteiger partial charge on any atom is -0.395 e. The third-order valence-corrected chi connectivity index (χ3v) is 2.16. The van der Waals surface area contributed by atoms with Crippen molar-refractivity contribution in [3.8, 4) is 0 Å². The molecule has 1 rings (SSSR count). The van der Waals surface area contributed by atoms with Gasteiger partial charge in [-0.2, -0.15) is 0 Å². The molecule has 0 aromatic carbocycles. The van der Waals surface area contributed by atoms with E-state index in [2.05, 4.69) is 25.6 Å². The largest absolute Gasteiger partial charge is 0.395 e. The average Bonchev–Trinajstić information content (AvgIpc) is 1.97. The molecule has 0 atom stereocenters. The van der Waals surface area contributed by atoms with E-state index in [0.717, 1.165) is 12.1 Å². The highest BCUT2D eigenvalue weighted by atomic mass is 16.6. The van der Waals surface area contributed by atoms with E-state index in [4.69, 9.17) is 4.84 Å². The van der Waals surface area contributed by atoms with Gasteiger partial charge in [0.05, 0.1) is 5.71 Å². The Morgan fingerprint density at radius 1 is 1.58 bits per heavy atom. The summed E-state index contributed by atoms with van der Waals surface area (Å²) in [5.41, 5.74) is 1.25. The lowest BCUT2D eigenvalue weighted by molar-refractivity contribution is 0.0576. The minimum atomic E-state index is 0.274. The summed E-state index contributed by atoms with van der Waals surface area (Å²) in [6, 6.07) is 0. The first-order valence-electron chi connectivity index (χ1n) is 4.45. The van der Waals surface area contributed by atoms with Crippen LogP contribution in [0.2, 0.25) is 0 Å². The second-order valence-electron chi connectivity index (χ2n) is 4.08. The molecule has 2 heteroatoms.